The number of aromatic nitrogens is 3. The normalized spacial score (nSPS) is 12.4. The van der Waals surface area contributed by atoms with Crippen molar-refractivity contribution in [2.75, 3.05) is 0 Å². The summed E-state index contributed by atoms with van der Waals surface area (Å²) in [6.45, 7) is 1.86. The number of hydrogen-bond donors (Lipinski definition) is 1. The highest BCUT2D eigenvalue weighted by atomic mass is 16.3. The van der Waals surface area contributed by atoms with Crippen molar-refractivity contribution in [3.8, 4) is 11.4 Å². The molecule has 0 aliphatic carbocycles. The predicted molar refractivity (Wildman–Crippen MR) is 95.2 cm³/mol. The molecule has 2 aromatic carbocycles. The Kier molecular flexibility index (Phi) is 5.08. The fourth-order valence-electron chi connectivity index (χ4n) is 2.37. The van der Waals surface area contributed by atoms with E-state index in [4.69, 9.17) is 0 Å². The van der Waals surface area contributed by atoms with Crippen molar-refractivity contribution in [3.63, 3.8) is 0 Å². The quantitative estimate of drug-likeness (QED) is 0.783. The van der Waals surface area contributed by atoms with Crippen LogP contribution in [0.1, 0.15) is 17.0 Å². The molecule has 1 N–H and O–H groups in total. The fraction of sp³-hybridized carbons (Fsp3) is 0.150. The lowest BCUT2D eigenvalue weighted by atomic mass is 10.1. The molecule has 0 bridgehead atoms. The van der Waals surface area contributed by atoms with Crippen molar-refractivity contribution in [2.45, 2.75) is 19.4 Å². The maximum Gasteiger partial charge on any atom is 0.182 e. The summed E-state index contributed by atoms with van der Waals surface area (Å²) < 4.78 is 0. The largest absolute Gasteiger partial charge is 0.389 e. The van der Waals surface area contributed by atoms with Gasteiger partial charge in [0.15, 0.2) is 5.82 Å². The van der Waals surface area contributed by atoms with Crippen molar-refractivity contribution in [1.82, 2.24) is 15.2 Å². The van der Waals surface area contributed by atoms with Gasteiger partial charge in [0.1, 0.15) is 0 Å². The van der Waals surface area contributed by atoms with Crippen LogP contribution in [-0.4, -0.2) is 26.4 Å². The van der Waals surface area contributed by atoms with Gasteiger partial charge in [0.2, 0.25) is 0 Å². The lowest BCUT2D eigenvalue weighted by Gasteiger charge is -2.09. The van der Waals surface area contributed by atoms with Crippen LogP contribution in [0.5, 0.6) is 0 Å². The van der Waals surface area contributed by atoms with E-state index in [1.807, 2.05) is 73.7 Å². The van der Waals surface area contributed by atoms with Crippen LogP contribution < -0.4 is 0 Å². The zero-order valence-corrected chi connectivity index (χ0v) is 13.5. The molecule has 0 saturated heterocycles. The summed E-state index contributed by atoms with van der Waals surface area (Å²) in [6, 6.07) is 19.6. The average Bonchev–Trinajstić information content (AvgIpc) is 2.63. The number of rotatable bonds is 5. The highest BCUT2D eigenvalue weighted by Crippen LogP contribution is 2.15. The van der Waals surface area contributed by atoms with Crippen LogP contribution in [0.3, 0.4) is 0 Å². The molecule has 0 amide bonds. The van der Waals surface area contributed by atoms with Crippen molar-refractivity contribution in [3.05, 3.63) is 83.7 Å². The Morgan fingerprint density at radius 1 is 0.958 bits per heavy atom. The number of aryl methyl sites for hydroxylation is 1. The van der Waals surface area contributed by atoms with Crippen molar-refractivity contribution in [2.24, 2.45) is 0 Å². The molecule has 0 aliphatic heterocycles. The van der Waals surface area contributed by atoms with Gasteiger partial charge in [0, 0.05) is 12.0 Å². The Bertz CT molecular complexity index is 817. The van der Waals surface area contributed by atoms with Gasteiger partial charge in [-0.1, -0.05) is 72.8 Å². The Morgan fingerprint density at radius 3 is 2.33 bits per heavy atom. The molecular formula is C20H19N3O. The zero-order valence-electron chi connectivity index (χ0n) is 13.5. The third kappa shape index (κ3) is 4.12. The summed E-state index contributed by atoms with van der Waals surface area (Å²) in [4.78, 5) is 4.57. The van der Waals surface area contributed by atoms with E-state index in [9.17, 15) is 5.11 Å². The van der Waals surface area contributed by atoms with Crippen LogP contribution in [0.15, 0.2) is 66.7 Å². The Balaban J connectivity index is 1.76. The first kappa shape index (κ1) is 16.0. The summed E-state index contributed by atoms with van der Waals surface area (Å²) in [5.74, 6) is 0.579. The summed E-state index contributed by atoms with van der Waals surface area (Å²) >= 11 is 0. The minimum absolute atomic E-state index is 0.407. The molecule has 0 aliphatic rings. The molecule has 120 valence electrons. The molecule has 3 aromatic rings. The SMILES string of the molecule is Cc1nnc(-c2ccccc2)nc1CC(O)/C=C/c1ccccc1. The van der Waals surface area contributed by atoms with Crippen LogP contribution >= 0.6 is 0 Å². The van der Waals surface area contributed by atoms with Gasteiger partial charge in [0.05, 0.1) is 17.5 Å². The van der Waals surface area contributed by atoms with Crippen LogP contribution in [0.2, 0.25) is 0 Å². The summed E-state index contributed by atoms with van der Waals surface area (Å²) in [5.41, 5.74) is 3.47. The van der Waals surface area contributed by atoms with E-state index < -0.39 is 6.10 Å². The summed E-state index contributed by atoms with van der Waals surface area (Å²) in [7, 11) is 0. The topological polar surface area (TPSA) is 58.9 Å². The first-order valence-electron chi connectivity index (χ1n) is 7.89. The molecule has 0 radical (unpaired) electrons. The van der Waals surface area contributed by atoms with E-state index >= 15 is 0 Å². The second kappa shape index (κ2) is 7.62. The maximum absolute atomic E-state index is 10.3. The number of aliphatic hydroxyl groups excluding tert-OH is 1. The third-order valence-corrected chi connectivity index (χ3v) is 3.70. The van der Waals surface area contributed by atoms with Crippen molar-refractivity contribution in [1.29, 1.82) is 0 Å². The zero-order chi connectivity index (χ0) is 16.8. The average molecular weight is 317 g/mol. The highest BCUT2D eigenvalue weighted by molar-refractivity contribution is 5.54. The van der Waals surface area contributed by atoms with E-state index in [1.54, 1.807) is 6.08 Å². The first-order valence-corrected chi connectivity index (χ1v) is 7.89. The predicted octanol–water partition coefficient (Wildman–Crippen LogP) is 3.46. The number of nitrogens with zero attached hydrogens (tertiary/aromatic N) is 3. The Hall–Kier alpha value is -2.85. The minimum Gasteiger partial charge on any atom is -0.389 e. The highest BCUT2D eigenvalue weighted by Gasteiger charge is 2.10. The molecule has 1 heterocycles. The molecule has 0 fully saturated rings. The van der Waals surface area contributed by atoms with E-state index in [-0.39, 0.29) is 0 Å². The molecule has 24 heavy (non-hydrogen) atoms. The number of benzene rings is 2. The molecule has 3 rings (SSSR count). The lowest BCUT2D eigenvalue weighted by Crippen LogP contribution is -2.12. The molecule has 0 saturated carbocycles. The van der Waals surface area contributed by atoms with Gasteiger partial charge in [-0.25, -0.2) is 4.98 Å². The molecule has 4 nitrogen and oxygen atoms in total. The minimum atomic E-state index is -0.621. The van der Waals surface area contributed by atoms with Crippen LogP contribution in [-0.2, 0) is 6.42 Å². The molecular weight excluding hydrogens is 298 g/mol. The monoisotopic (exact) mass is 317 g/mol. The van der Waals surface area contributed by atoms with Crippen molar-refractivity contribution >= 4 is 6.08 Å². The van der Waals surface area contributed by atoms with Gasteiger partial charge in [-0.3, -0.25) is 0 Å². The van der Waals surface area contributed by atoms with Gasteiger partial charge in [-0.15, -0.1) is 5.10 Å². The molecule has 0 spiro atoms. The number of hydrogen-bond acceptors (Lipinski definition) is 4. The lowest BCUT2D eigenvalue weighted by molar-refractivity contribution is 0.223. The summed E-state index contributed by atoms with van der Waals surface area (Å²) in [5, 5.41) is 18.6. The molecule has 1 atom stereocenters. The Morgan fingerprint density at radius 2 is 1.62 bits per heavy atom. The van der Waals surface area contributed by atoms with Gasteiger partial charge >= 0.3 is 0 Å². The molecule has 4 heteroatoms. The maximum atomic E-state index is 10.3. The smallest absolute Gasteiger partial charge is 0.182 e. The van der Waals surface area contributed by atoms with Gasteiger partial charge in [-0.05, 0) is 12.5 Å². The van der Waals surface area contributed by atoms with Gasteiger partial charge in [-0.2, -0.15) is 5.10 Å². The van der Waals surface area contributed by atoms with E-state index in [1.165, 1.54) is 0 Å². The summed E-state index contributed by atoms with van der Waals surface area (Å²) in [6.07, 6.45) is 3.47. The standard InChI is InChI=1S/C20H19N3O/c1-15-19(14-18(24)13-12-16-8-4-2-5-9-16)21-20(23-22-15)17-10-6-3-7-11-17/h2-13,18,24H,14H2,1H3/b13-12+. The van der Waals surface area contributed by atoms with E-state index in [2.05, 4.69) is 15.2 Å². The van der Waals surface area contributed by atoms with Gasteiger partial charge < -0.3 is 5.11 Å². The van der Waals surface area contributed by atoms with Crippen LogP contribution in [0.4, 0.5) is 0 Å². The van der Waals surface area contributed by atoms with Crippen molar-refractivity contribution < 1.29 is 5.11 Å². The molecule has 1 aromatic heterocycles. The third-order valence-electron chi connectivity index (χ3n) is 3.70. The van der Waals surface area contributed by atoms with Gasteiger partial charge in [0.25, 0.3) is 0 Å². The fourth-order valence-corrected chi connectivity index (χ4v) is 2.37. The van der Waals surface area contributed by atoms with Crippen LogP contribution in [0, 0.1) is 6.92 Å². The molecule has 1 unspecified atom stereocenters. The van der Waals surface area contributed by atoms with E-state index in [0.29, 0.717) is 12.2 Å². The van der Waals surface area contributed by atoms with Crippen LogP contribution in [0.25, 0.3) is 17.5 Å². The second-order valence-corrected chi connectivity index (χ2v) is 5.57. The second-order valence-electron chi connectivity index (χ2n) is 5.57. The number of aliphatic hydroxyl groups is 1. The van der Waals surface area contributed by atoms with E-state index in [0.717, 1.165) is 22.5 Å². The Labute approximate surface area is 141 Å². The first-order chi connectivity index (χ1) is 11.7.